The maximum absolute atomic E-state index is 7.00. The standard InChI is InChI=1S/C3H9Si.CH4O.ClH.Mg/c1-4(2)3;1-2;;/h4H,1H2,2-3H3;2H,1H3;1H;/q;;;+2. The van der Waals surface area contributed by atoms with E-state index in [9.17, 15) is 0 Å². The van der Waals surface area contributed by atoms with Gasteiger partial charge in [0.1, 0.15) is 8.80 Å². The molecule has 0 bridgehead atoms. The van der Waals surface area contributed by atoms with Gasteiger partial charge in [-0.25, -0.2) is 0 Å². The van der Waals surface area contributed by atoms with Crippen LogP contribution in [0.3, 0.4) is 0 Å². The molecule has 0 amide bonds. The molecule has 1 nitrogen and oxygen atoms in total. The minimum atomic E-state index is -0.137. The quantitative estimate of drug-likeness (QED) is 0.566. The maximum atomic E-state index is 7.00. The monoisotopic (exact) mass is 165 g/mol. The predicted octanol–water partition coefficient (Wildman–Crippen LogP) is 0.629. The zero-order valence-electron chi connectivity index (χ0n) is 5.85. The van der Waals surface area contributed by atoms with Crippen molar-refractivity contribution in [2.75, 3.05) is 7.11 Å². The Balaban J connectivity index is -0.0000000750. The van der Waals surface area contributed by atoms with Crippen LogP contribution in [0.1, 0.15) is 0 Å². The van der Waals surface area contributed by atoms with E-state index in [-0.39, 0.29) is 21.2 Å². The summed E-state index contributed by atoms with van der Waals surface area (Å²) in [5, 5.41) is 7.00. The highest BCUT2D eigenvalue weighted by molar-refractivity contribution is 6.62. The highest BCUT2D eigenvalue weighted by atomic mass is 35.5. The van der Waals surface area contributed by atoms with Gasteiger partial charge in [-0.3, -0.25) is 0 Å². The maximum Gasteiger partial charge on any atom is 1.41 e. The highest BCUT2D eigenvalue weighted by Crippen LogP contribution is 1.79. The molecule has 0 aromatic rings. The Bertz CT molecular complexity index is 30.0. The summed E-state index contributed by atoms with van der Waals surface area (Å²) in [5.41, 5.74) is 0. The summed E-state index contributed by atoms with van der Waals surface area (Å²) in [6.45, 7) is 4.74. The molecule has 0 rings (SSSR count). The van der Waals surface area contributed by atoms with E-state index in [1.165, 1.54) is 4.17 Å². The smallest absolute Gasteiger partial charge is 0.400 e. The molecule has 0 saturated carbocycles. The molecule has 0 aliphatic heterocycles. The molecule has 0 aromatic carbocycles. The third-order valence-electron chi connectivity index (χ3n) is 0.577. The molecular formula is C4H14ClMgOSi+2. The number of halogens is 1. The van der Waals surface area contributed by atoms with Crippen molar-refractivity contribution in [3.8, 4) is 0 Å². The van der Waals surface area contributed by atoms with E-state index in [4.69, 9.17) is 5.11 Å². The van der Waals surface area contributed by atoms with E-state index in [2.05, 4.69) is 34.8 Å². The summed E-state index contributed by atoms with van der Waals surface area (Å²) in [7, 11) is 0.863. The Morgan fingerprint density at radius 1 is 1.38 bits per heavy atom. The lowest BCUT2D eigenvalue weighted by Crippen LogP contribution is -1.95. The fourth-order valence-electron chi connectivity index (χ4n) is 0. The zero-order chi connectivity index (χ0) is 6.28. The van der Waals surface area contributed by atoms with Gasteiger partial charge in [-0.15, -0.1) is 12.4 Å². The summed E-state index contributed by atoms with van der Waals surface area (Å²) in [4.78, 5) is 0. The molecule has 1 N–H and O–H groups in total. The van der Waals surface area contributed by atoms with Gasteiger partial charge in [-0.2, -0.15) is 0 Å². The highest BCUT2D eigenvalue weighted by Gasteiger charge is 2.24. The molecule has 8 heavy (non-hydrogen) atoms. The van der Waals surface area contributed by atoms with Crippen LogP contribution in [-0.2, 0) is 0 Å². The molecule has 0 atom stereocenters. The first-order valence-corrected chi connectivity index (χ1v) is 6.64. The van der Waals surface area contributed by atoms with E-state index < -0.39 is 0 Å². The van der Waals surface area contributed by atoms with Gasteiger partial charge in [0, 0.05) is 7.11 Å². The second-order valence-electron chi connectivity index (χ2n) is 1.68. The second kappa shape index (κ2) is 15.7. The normalized spacial score (nSPS) is 6.75. The first kappa shape index (κ1) is 16.1. The molecule has 47 valence electrons. The summed E-state index contributed by atoms with van der Waals surface area (Å²) in [5.74, 6) is 0. The molecule has 0 spiro atoms. The molecule has 0 heterocycles. The molecule has 0 aromatic heterocycles. The molecule has 0 aliphatic rings. The fraction of sp³-hybridized carbons (Fsp3) is 1.00. The van der Waals surface area contributed by atoms with Crippen LogP contribution in [0.4, 0.5) is 0 Å². The number of aliphatic hydroxyl groups excluding tert-OH is 1. The Kier molecular flexibility index (Phi) is 31.7. The van der Waals surface area contributed by atoms with E-state index in [0.29, 0.717) is 0 Å². The number of hydrogen-bond donors (Lipinski definition) is 1. The van der Waals surface area contributed by atoms with Crippen molar-refractivity contribution in [3.05, 3.63) is 0 Å². The summed E-state index contributed by atoms with van der Waals surface area (Å²) in [6.07, 6.45) is 0. The average Bonchev–Trinajstić information content (AvgIpc) is 1.73. The van der Waals surface area contributed by atoms with Crippen LogP contribution >= 0.6 is 12.4 Å². The van der Waals surface area contributed by atoms with Crippen LogP contribution in [0.5, 0.6) is 0 Å². The van der Waals surface area contributed by atoms with Gasteiger partial charge in [0.15, 0.2) is 0 Å². The van der Waals surface area contributed by atoms with Crippen molar-refractivity contribution in [1.29, 1.82) is 0 Å². The Morgan fingerprint density at radius 2 is 1.50 bits per heavy atom. The largest absolute Gasteiger partial charge is 1.41 e. The van der Waals surface area contributed by atoms with Crippen molar-refractivity contribution in [1.82, 2.24) is 0 Å². The molecule has 0 aliphatic carbocycles. The first-order valence-electron chi connectivity index (χ1n) is 2.51. The topological polar surface area (TPSA) is 20.2 Å². The molecule has 7 radical (unpaired) electrons. The van der Waals surface area contributed by atoms with Crippen LogP contribution in [0.15, 0.2) is 0 Å². The van der Waals surface area contributed by atoms with E-state index in [0.717, 1.165) is 7.11 Å². The van der Waals surface area contributed by atoms with Crippen LogP contribution in [0.2, 0.25) is 17.3 Å². The van der Waals surface area contributed by atoms with Crippen LogP contribution < -0.4 is 0 Å². The first-order chi connectivity index (χ1) is 3.27. The van der Waals surface area contributed by atoms with Crippen molar-refractivity contribution < 1.29 is 5.11 Å². The van der Waals surface area contributed by atoms with E-state index in [1.807, 2.05) is 0 Å². The predicted molar refractivity (Wildman–Crippen MR) is 44.8 cm³/mol. The van der Waals surface area contributed by atoms with Crippen LogP contribution in [0, 0.1) is 0 Å². The van der Waals surface area contributed by atoms with Crippen molar-refractivity contribution in [2.24, 2.45) is 0 Å². The van der Waals surface area contributed by atoms with Gasteiger partial charge < -0.3 is 5.11 Å². The van der Waals surface area contributed by atoms with E-state index >= 15 is 0 Å². The van der Waals surface area contributed by atoms with Crippen LogP contribution in [0.25, 0.3) is 0 Å². The van der Waals surface area contributed by atoms with Crippen LogP contribution in [-0.4, -0.2) is 42.7 Å². The van der Waals surface area contributed by atoms with E-state index in [1.54, 1.807) is 0 Å². The minimum Gasteiger partial charge on any atom is -0.400 e. The van der Waals surface area contributed by atoms with Gasteiger partial charge in [0.25, 0.3) is 0 Å². The zero-order valence-corrected chi connectivity index (χ0v) is 9.23. The molecule has 0 fully saturated rings. The van der Waals surface area contributed by atoms with Crippen molar-refractivity contribution in [2.45, 2.75) is 17.3 Å². The van der Waals surface area contributed by atoms with Gasteiger partial charge >= 0.3 is 21.7 Å². The number of aliphatic hydroxyl groups is 1. The molecule has 0 unspecified atom stereocenters. The lowest BCUT2D eigenvalue weighted by molar-refractivity contribution is 0.399. The molecule has 0 saturated heterocycles. The third kappa shape index (κ3) is 26.9. The van der Waals surface area contributed by atoms with Gasteiger partial charge in [-0.1, -0.05) is 13.1 Å². The second-order valence-corrected chi connectivity index (χ2v) is 6.78. The Labute approximate surface area is 72.3 Å². The summed E-state index contributed by atoms with van der Waals surface area (Å²) < 4.78 is 1.47. The average molecular weight is 166 g/mol. The minimum absolute atomic E-state index is 0. The Morgan fingerprint density at radius 3 is 1.50 bits per heavy atom. The number of rotatable bonds is 1. The lowest BCUT2D eigenvalue weighted by atomic mass is 11.8. The fourth-order valence-corrected chi connectivity index (χ4v) is 0. The number of hydrogen-bond acceptors (Lipinski definition) is 1. The third-order valence-corrected chi connectivity index (χ3v) is 5.20. The lowest BCUT2D eigenvalue weighted by Gasteiger charge is -1.71. The van der Waals surface area contributed by atoms with Gasteiger partial charge in [0.05, 0.1) is 0 Å². The SMILES string of the molecule is CO.C[SiH](C)[CH2][Mg+2].Cl. The molecular weight excluding hydrogens is 152 g/mol. The summed E-state index contributed by atoms with van der Waals surface area (Å²) in [6, 6.07) is 0. The molecule has 4 heteroatoms. The van der Waals surface area contributed by atoms with Gasteiger partial charge in [-0.05, 0) is 0 Å². The van der Waals surface area contributed by atoms with Crippen molar-refractivity contribution >= 4 is 42.9 Å². The van der Waals surface area contributed by atoms with Crippen molar-refractivity contribution in [3.63, 3.8) is 0 Å². The Hall–Kier alpha value is 1.23. The summed E-state index contributed by atoms with van der Waals surface area (Å²) >= 11 is 2.10. The van der Waals surface area contributed by atoms with Gasteiger partial charge in [0.2, 0.25) is 4.17 Å².